The van der Waals surface area contributed by atoms with E-state index in [4.69, 9.17) is 0 Å². The first-order valence-corrected chi connectivity index (χ1v) is 11.8. The minimum Gasteiger partial charge on any atom is -0.465 e. The van der Waals surface area contributed by atoms with Gasteiger partial charge < -0.3 is 10.0 Å². The number of carboxylic acid groups (broad SMARTS) is 1. The Morgan fingerprint density at radius 3 is 2.48 bits per heavy atom. The summed E-state index contributed by atoms with van der Waals surface area (Å²) in [5.41, 5.74) is 3.79. The normalized spacial score (nSPS) is 19.0. The monoisotopic (exact) mass is 443 g/mol. The number of sulfonamides is 1. The molecule has 0 radical (unpaired) electrons. The van der Waals surface area contributed by atoms with Crippen LogP contribution in [0.4, 0.5) is 21.9 Å². The topological polar surface area (TPSA) is 107 Å². The summed E-state index contributed by atoms with van der Waals surface area (Å²) in [7, 11) is -3.35. The summed E-state index contributed by atoms with van der Waals surface area (Å²) in [6.45, 7) is 5.98. The molecule has 2 aromatic rings. The van der Waals surface area contributed by atoms with E-state index in [-0.39, 0.29) is 30.2 Å². The van der Waals surface area contributed by atoms with Crippen molar-refractivity contribution in [2.45, 2.75) is 39.0 Å². The van der Waals surface area contributed by atoms with E-state index >= 15 is 0 Å². The highest BCUT2D eigenvalue weighted by Crippen LogP contribution is 2.40. The average Bonchev–Trinajstić information content (AvgIpc) is 2.98. The smallest absolute Gasteiger partial charge is 0.411 e. The van der Waals surface area contributed by atoms with Gasteiger partial charge in [0.25, 0.3) is 0 Å². The van der Waals surface area contributed by atoms with Gasteiger partial charge in [-0.05, 0) is 53.8 Å². The molecule has 0 spiro atoms. The summed E-state index contributed by atoms with van der Waals surface area (Å²) in [6, 6.07) is 10.4. The van der Waals surface area contributed by atoms with E-state index in [1.54, 1.807) is 35.2 Å². The number of rotatable bonds is 3. The molecular formula is C22H25N3O5S. The molecule has 0 bridgehead atoms. The Morgan fingerprint density at radius 1 is 1.13 bits per heavy atom. The third-order valence-corrected chi connectivity index (χ3v) is 6.77. The second kappa shape index (κ2) is 7.56. The lowest BCUT2D eigenvalue weighted by Crippen LogP contribution is -2.51. The van der Waals surface area contributed by atoms with Crippen LogP contribution in [0.5, 0.6) is 0 Å². The number of anilines is 3. The highest BCUT2D eigenvalue weighted by molar-refractivity contribution is 7.92. The Bertz CT molecular complexity index is 1180. The first kappa shape index (κ1) is 21.2. The molecule has 0 saturated heterocycles. The Morgan fingerprint density at radius 2 is 1.81 bits per heavy atom. The number of nitrogens with one attached hydrogen (secondary N) is 1. The van der Waals surface area contributed by atoms with Crippen LogP contribution in [0, 0.1) is 5.92 Å². The summed E-state index contributed by atoms with van der Waals surface area (Å²) in [6.07, 6.45) is -0.698. The standard InChI is InChI=1S/C22H25N3O5S/c1-13(2)8-21(26)25-14(3)11-24(22(27)28)20-10-16(5-7-19(20)25)15-4-6-18-17(9-15)12-31(29,30)23-18/h4-7,9-10,13-14,23H,8,11-12H2,1-3H3,(H,27,28)/t14-/m0/s1. The van der Waals surface area contributed by atoms with Gasteiger partial charge in [-0.2, -0.15) is 0 Å². The molecule has 0 aliphatic carbocycles. The van der Waals surface area contributed by atoms with Crippen LogP contribution in [0.15, 0.2) is 36.4 Å². The molecule has 2 heterocycles. The van der Waals surface area contributed by atoms with Gasteiger partial charge in [-0.1, -0.05) is 26.0 Å². The molecule has 0 unspecified atom stereocenters. The first-order valence-electron chi connectivity index (χ1n) is 10.2. The van der Waals surface area contributed by atoms with Crippen molar-refractivity contribution in [3.05, 3.63) is 42.0 Å². The molecule has 8 nitrogen and oxygen atoms in total. The molecule has 2 N–H and O–H groups in total. The molecule has 2 amide bonds. The Hall–Kier alpha value is -3.07. The minimum atomic E-state index is -3.35. The van der Waals surface area contributed by atoms with E-state index in [1.807, 2.05) is 26.8 Å². The van der Waals surface area contributed by atoms with Crippen molar-refractivity contribution in [1.29, 1.82) is 0 Å². The van der Waals surface area contributed by atoms with Crippen LogP contribution in [0.3, 0.4) is 0 Å². The molecule has 31 heavy (non-hydrogen) atoms. The molecule has 4 rings (SSSR count). The number of amides is 2. The summed E-state index contributed by atoms with van der Waals surface area (Å²) in [5.74, 6) is 0.0729. The van der Waals surface area contributed by atoms with E-state index in [2.05, 4.69) is 4.72 Å². The fourth-order valence-electron chi connectivity index (χ4n) is 4.21. The first-order chi connectivity index (χ1) is 14.6. The highest BCUT2D eigenvalue weighted by Gasteiger charge is 2.35. The van der Waals surface area contributed by atoms with Crippen LogP contribution < -0.4 is 14.5 Å². The summed E-state index contributed by atoms with van der Waals surface area (Å²) < 4.78 is 26.2. The summed E-state index contributed by atoms with van der Waals surface area (Å²) in [4.78, 5) is 27.8. The van der Waals surface area contributed by atoms with E-state index in [0.717, 1.165) is 11.1 Å². The maximum Gasteiger partial charge on any atom is 0.411 e. The zero-order chi connectivity index (χ0) is 22.5. The van der Waals surface area contributed by atoms with Gasteiger partial charge in [0.1, 0.15) is 0 Å². The maximum absolute atomic E-state index is 12.9. The van der Waals surface area contributed by atoms with E-state index in [0.29, 0.717) is 29.0 Å². The van der Waals surface area contributed by atoms with Crippen molar-refractivity contribution in [2.75, 3.05) is 21.1 Å². The molecule has 1 atom stereocenters. The SMILES string of the molecule is CC(C)CC(=O)N1c2ccc(-c3ccc4c(c3)CS(=O)(=O)N4)cc2N(C(=O)O)C[C@@H]1C. The Labute approximate surface area is 181 Å². The van der Waals surface area contributed by atoms with Crippen molar-refractivity contribution in [3.8, 4) is 11.1 Å². The van der Waals surface area contributed by atoms with Crippen molar-refractivity contribution in [3.63, 3.8) is 0 Å². The fourth-order valence-corrected chi connectivity index (χ4v) is 5.47. The lowest BCUT2D eigenvalue weighted by molar-refractivity contribution is -0.119. The maximum atomic E-state index is 12.9. The number of hydrogen-bond acceptors (Lipinski definition) is 4. The molecule has 0 fully saturated rings. The van der Waals surface area contributed by atoms with Crippen LogP contribution in [0.1, 0.15) is 32.8 Å². The zero-order valence-electron chi connectivity index (χ0n) is 17.6. The fraction of sp³-hybridized carbons (Fsp3) is 0.364. The number of carbonyl (C=O) groups is 2. The quantitative estimate of drug-likeness (QED) is 0.749. The predicted octanol–water partition coefficient (Wildman–Crippen LogP) is 3.87. The van der Waals surface area contributed by atoms with E-state index in [9.17, 15) is 23.1 Å². The van der Waals surface area contributed by atoms with Crippen LogP contribution in [-0.4, -0.2) is 38.1 Å². The van der Waals surface area contributed by atoms with Crippen LogP contribution in [-0.2, 0) is 20.6 Å². The molecule has 164 valence electrons. The second-order valence-corrected chi connectivity index (χ2v) is 10.3. The highest BCUT2D eigenvalue weighted by atomic mass is 32.2. The number of nitrogens with zero attached hydrogens (tertiary/aromatic N) is 2. The van der Waals surface area contributed by atoms with Crippen LogP contribution >= 0.6 is 0 Å². The van der Waals surface area contributed by atoms with Crippen LogP contribution in [0.2, 0.25) is 0 Å². The van der Waals surface area contributed by atoms with Gasteiger partial charge in [-0.3, -0.25) is 14.4 Å². The lowest BCUT2D eigenvalue weighted by Gasteiger charge is -2.40. The number of benzene rings is 2. The lowest BCUT2D eigenvalue weighted by atomic mass is 9.98. The van der Waals surface area contributed by atoms with Gasteiger partial charge in [0.2, 0.25) is 15.9 Å². The number of fused-ring (bicyclic) bond motifs is 2. The third kappa shape index (κ3) is 3.97. The Balaban J connectivity index is 1.77. The van der Waals surface area contributed by atoms with Gasteiger partial charge in [0.05, 0.1) is 28.9 Å². The second-order valence-electron chi connectivity index (χ2n) is 8.54. The molecule has 2 aromatic carbocycles. The van der Waals surface area contributed by atoms with Crippen molar-refractivity contribution < 1.29 is 23.1 Å². The molecule has 0 saturated carbocycles. The van der Waals surface area contributed by atoms with Crippen molar-refractivity contribution in [1.82, 2.24) is 0 Å². The van der Waals surface area contributed by atoms with Crippen molar-refractivity contribution >= 4 is 39.1 Å². The molecular weight excluding hydrogens is 418 g/mol. The van der Waals surface area contributed by atoms with Gasteiger partial charge in [-0.15, -0.1) is 0 Å². The van der Waals surface area contributed by atoms with Gasteiger partial charge in [0.15, 0.2) is 0 Å². The third-order valence-electron chi connectivity index (χ3n) is 5.55. The minimum absolute atomic E-state index is 0.0321. The summed E-state index contributed by atoms with van der Waals surface area (Å²) >= 11 is 0. The number of hydrogen-bond donors (Lipinski definition) is 2. The predicted molar refractivity (Wildman–Crippen MR) is 120 cm³/mol. The molecule has 2 aliphatic heterocycles. The van der Waals surface area contributed by atoms with Gasteiger partial charge >= 0.3 is 6.09 Å². The van der Waals surface area contributed by atoms with Crippen LogP contribution in [0.25, 0.3) is 11.1 Å². The van der Waals surface area contributed by atoms with E-state index in [1.165, 1.54) is 4.90 Å². The zero-order valence-corrected chi connectivity index (χ0v) is 18.4. The molecule has 2 aliphatic rings. The van der Waals surface area contributed by atoms with Gasteiger partial charge in [0, 0.05) is 13.0 Å². The van der Waals surface area contributed by atoms with Gasteiger partial charge in [-0.25, -0.2) is 13.2 Å². The van der Waals surface area contributed by atoms with E-state index < -0.39 is 16.1 Å². The Kier molecular flexibility index (Phi) is 5.17. The molecule has 9 heteroatoms. The van der Waals surface area contributed by atoms with Crippen molar-refractivity contribution in [2.24, 2.45) is 5.92 Å². The molecule has 0 aromatic heterocycles. The average molecular weight is 444 g/mol. The number of carbonyl (C=O) groups excluding carboxylic acids is 1. The summed E-state index contributed by atoms with van der Waals surface area (Å²) in [5, 5.41) is 9.77. The largest absolute Gasteiger partial charge is 0.465 e.